The Balaban J connectivity index is 2.08. The van der Waals surface area contributed by atoms with Gasteiger partial charge < -0.3 is 29.2 Å². The molecule has 0 aromatic heterocycles. The van der Waals surface area contributed by atoms with Crippen LogP contribution >= 0.6 is 0 Å². The summed E-state index contributed by atoms with van der Waals surface area (Å²) in [4.78, 5) is 26.2. The zero-order valence-electron chi connectivity index (χ0n) is 15.0. The summed E-state index contributed by atoms with van der Waals surface area (Å²) < 4.78 is 21.2. The minimum atomic E-state index is -0.754. The fraction of sp³-hybridized carbons (Fsp3) is 0.529. The second-order valence-corrected chi connectivity index (χ2v) is 5.44. The number of ether oxygens (including phenoxy) is 4. The van der Waals surface area contributed by atoms with Crippen molar-refractivity contribution in [2.45, 2.75) is 19.4 Å². The van der Waals surface area contributed by atoms with Gasteiger partial charge in [-0.3, -0.25) is 9.59 Å². The van der Waals surface area contributed by atoms with E-state index in [0.29, 0.717) is 42.6 Å². The first-order valence-corrected chi connectivity index (χ1v) is 8.04. The number of methoxy groups -OCH3 is 3. The second-order valence-electron chi connectivity index (χ2n) is 5.44. The van der Waals surface area contributed by atoms with Gasteiger partial charge in [0.2, 0.25) is 11.7 Å². The topological polar surface area (TPSA) is 86.3 Å². The van der Waals surface area contributed by atoms with Crippen LogP contribution in [0.3, 0.4) is 0 Å². The Hall–Kier alpha value is -2.48. The van der Waals surface area contributed by atoms with Crippen molar-refractivity contribution in [3.8, 4) is 17.2 Å². The number of carbonyl (C=O) groups excluding carboxylic acids is 2. The highest BCUT2D eigenvalue weighted by Gasteiger charge is 2.30. The van der Waals surface area contributed by atoms with E-state index in [1.807, 2.05) is 6.92 Å². The van der Waals surface area contributed by atoms with E-state index >= 15 is 0 Å². The van der Waals surface area contributed by atoms with Crippen LogP contribution in [0.2, 0.25) is 0 Å². The average molecular weight is 352 g/mol. The number of anilines is 1. The number of amides is 2. The molecule has 1 aliphatic heterocycles. The third kappa shape index (κ3) is 4.33. The van der Waals surface area contributed by atoms with Gasteiger partial charge in [-0.15, -0.1) is 0 Å². The average Bonchev–Trinajstić information content (AvgIpc) is 2.62. The molecule has 1 fully saturated rings. The van der Waals surface area contributed by atoms with E-state index < -0.39 is 6.10 Å². The minimum Gasteiger partial charge on any atom is -0.493 e. The third-order valence-corrected chi connectivity index (χ3v) is 3.97. The van der Waals surface area contributed by atoms with E-state index in [9.17, 15) is 9.59 Å². The zero-order valence-corrected chi connectivity index (χ0v) is 15.0. The summed E-state index contributed by atoms with van der Waals surface area (Å²) in [6.45, 7) is 3.49. The van der Waals surface area contributed by atoms with Crippen molar-refractivity contribution in [2.24, 2.45) is 0 Å². The molecule has 8 nitrogen and oxygen atoms in total. The van der Waals surface area contributed by atoms with Crippen molar-refractivity contribution in [1.82, 2.24) is 4.90 Å². The number of nitrogens with one attached hydrogen (secondary N) is 1. The standard InChI is InChI=1S/C17H24N2O6/c1-5-19-6-7-25-14(17(19)21)10-15(20)18-11-8-12(22-2)16(24-4)13(9-11)23-3/h8-9,14H,5-7,10H2,1-4H3,(H,18,20). The van der Waals surface area contributed by atoms with E-state index in [1.54, 1.807) is 17.0 Å². The molecule has 1 heterocycles. The van der Waals surface area contributed by atoms with Crippen LogP contribution in [-0.4, -0.2) is 63.8 Å². The number of morpholine rings is 1. The predicted octanol–water partition coefficient (Wildman–Crippen LogP) is 1.29. The summed E-state index contributed by atoms with van der Waals surface area (Å²) in [7, 11) is 4.50. The Bertz CT molecular complexity index is 609. The lowest BCUT2D eigenvalue weighted by molar-refractivity contribution is -0.154. The highest BCUT2D eigenvalue weighted by atomic mass is 16.5. The predicted molar refractivity (Wildman–Crippen MR) is 91.3 cm³/mol. The Labute approximate surface area is 147 Å². The molecule has 8 heteroatoms. The van der Waals surface area contributed by atoms with Crippen LogP contribution in [0.25, 0.3) is 0 Å². The van der Waals surface area contributed by atoms with Gasteiger partial charge in [-0.1, -0.05) is 0 Å². The maximum atomic E-state index is 12.3. The first-order valence-electron chi connectivity index (χ1n) is 8.04. The molecule has 1 saturated heterocycles. The lowest BCUT2D eigenvalue weighted by Crippen LogP contribution is -2.48. The lowest BCUT2D eigenvalue weighted by atomic mass is 10.1. The van der Waals surface area contributed by atoms with Gasteiger partial charge >= 0.3 is 0 Å². The molecular formula is C17H24N2O6. The Kier molecular flexibility index (Phi) is 6.46. The quantitative estimate of drug-likeness (QED) is 0.796. The number of benzene rings is 1. The molecule has 2 rings (SSSR count). The minimum absolute atomic E-state index is 0.0496. The van der Waals surface area contributed by atoms with Crippen LogP contribution in [0, 0.1) is 0 Å². The highest BCUT2D eigenvalue weighted by molar-refractivity contribution is 5.95. The van der Waals surface area contributed by atoms with Crippen LogP contribution in [0.15, 0.2) is 12.1 Å². The van der Waals surface area contributed by atoms with E-state index in [2.05, 4.69) is 5.32 Å². The molecule has 1 aliphatic rings. The molecule has 0 bridgehead atoms. The van der Waals surface area contributed by atoms with Gasteiger partial charge in [-0.2, -0.15) is 0 Å². The van der Waals surface area contributed by atoms with Gasteiger partial charge in [0.25, 0.3) is 5.91 Å². The maximum Gasteiger partial charge on any atom is 0.252 e. The van der Waals surface area contributed by atoms with Crippen LogP contribution in [0.5, 0.6) is 17.2 Å². The number of carbonyl (C=O) groups is 2. The van der Waals surface area contributed by atoms with Crippen LogP contribution < -0.4 is 19.5 Å². The molecule has 25 heavy (non-hydrogen) atoms. The zero-order chi connectivity index (χ0) is 18.4. The van der Waals surface area contributed by atoms with Gasteiger partial charge in [0.05, 0.1) is 34.4 Å². The number of rotatable bonds is 7. The van der Waals surface area contributed by atoms with Crippen LogP contribution in [-0.2, 0) is 14.3 Å². The molecule has 1 unspecified atom stereocenters. The van der Waals surface area contributed by atoms with Crippen molar-refractivity contribution >= 4 is 17.5 Å². The molecule has 1 aromatic carbocycles. The van der Waals surface area contributed by atoms with E-state index in [-0.39, 0.29) is 18.2 Å². The first kappa shape index (κ1) is 18.9. The van der Waals surface area contributed by atoms with Crippen molar-refractivity contribution in [1.29, 1.82) is 0 Å². The monoisotopic (exact) mass is 352 g/mol. The molecular weight excluding hydrogens is 328 g/mol. The fourth-order valence-corrected chi connectivity index (χ4v) is 2.68. The third-order valence-electron chi connectivity index (χ3n) is 3.97. The largest absolute Gasteiger partial charge is 0.493 e. The summed E-state index contributed by atoms with van der Waals surface area (Å²) in [5.74, 6) is 0.811. The number of hydrogen-bond donors (Lipinski definition) is 1. The Morgan fingerprint density at radius 2 is 1.88 bits per heavy atom. The van der Waals surface area contributed by atoms with Crippen LogP contribution in [0.4, 0.5) is 5.69 Å². The SMILES string of the molecule is CCN1CCOC(CC(=O)Nc2cc(OC)c(OC)c(OC)c2)C1=O. The van der Waals surface area contributed by atoms with Gasteiger partial charge in [0.1, 0.15) is 6.10 Å². The summed E-state index contributed by atoms with van der Waals surface area (Å²) in [6, 6.07) is 3.25. The summed E-state index contributed by atoms with van der Waals surface area (Å²) in [5.41, 5.74) is 0.482. The molecule has 0 radical (unpaired) electrons. The van der Waals surface area contributed by atoms with Gasteiger partial charge in [0.15, 0.2) is 11.5 Å². The Morgan fingerprint density at radius 1 is 1.24 bits per heavy atom. The van der Waals surface area contributed by atoms with Gasteiger partial charge in [0, 0.05) is 30.9 Å². The number of nitrogens with zero attached hydrogens (tertiary/aromatic N) is 1. The number of likely N-dealkylation sites (N-methyl/N-ethyl adjacent to an activating group) is 1. The van der Waals surface area contributed by atoms with Gasteiger partial charge in [-0.05, 0) is 6.92 Å². The number of hydrogen-bond acceptors (Lipinski definition) is 6. The summed E-state index contributed by atoms with van der Waals surface area (Å²) in [5, 5.41) is 2.74. The smallest absolute Gasteiger partial charge is 0.252 e. The molecule has 1 aromatic rings. The van der Waals surface area contributed by atoms with Gasteiger partial charge in [-0.25, -0.2) is 0 Å². The fourth-order valence-electron chi connectivity index (χ4n) is 2.68. The summed E-state index contributed by atoms with van der Waals surface area (Å²) in [6.07, 6.45) is -0.804. The normalized spacial score (nSPS) is 17.2. The van der Waals surface area contributed by atoms with E-state index in [4.69, 9.17) is 18.9 Å². The molecule has 138 valence electrons. The molecule has 0 aliphatic carbocycles. The van der Waals surface area contributed by atoms with Crippen LogP contribution in [0.1, 0.15) is 13.3 Å². The van der Waals surface area contributed by atoms with Crippen molar-refractivity contribution in [3.05, 3.63) is 12.1 Å². The molecule has 2 amide bonds. The first-order chi connectivity index (χ1) is 12.0. The molecule has 0 saturated carbocycles. The molecule has 0 spiro atoms. The summed E-state index contributed by atoms with van der Waals surface area (Å²) >= 11 is 0. The van der Waals surface area contributed by atoms with E-state index in [1.165, 1.54) is 21.3 Å². The van der Waals surface area contributed by atoms with Crippen molar-refractivity contribution < 1.29 is 28.5 Å². The highest BCUT2D eigenvalue weighted by Crippen LogP contribution is 2.39. The maximum absolute atomic E-state index is 12.3. The van der Waals surface area contributed by atoms with E-state index in [0.717, 1.165) is 0 Å². The molecule has 1 N–H and O–H groups in total. The molecule has 1 atom stereocenters. The lowest BCUT2D eigenvalue weighted by Gasteiger charge is -2.31. The van der Waals surface area contributed by atoms with Crippen molar-refractivity contribution in [3.63, 3.8) is 0 Å². The van der Waals surface area contributed by atoms with Crippen molar-refractivity contribution in [2.75, 3.05) is 46.3 Å². The Morgan fingerprint density at radius 3 is 2.40 bits per heavy atom. The second kappa shape index (κ2) is 8.57.